The molecule has 1 saturated carbocycles. The van der Waals surface area contributed by atoms with Gasteiger partial charge in [-0.1, -0.05) is 48.7 Å². The predicted octanol–water partition coefficient (Wildman–Crippen LogP) is 2.08. The summed E-state index contributed by atoms with van der Waals surface area (Å²) in [7, 11) is 0. The Balaban J connectivity index is 1.64. The minimum atomic E-state index is -0.682. The van der Waals surface area contributed by atoms with Crippen molar-refractivity contribution in [3.63, 3.8) is 0 Å². The third-order valence-corrected chi connectivity index (χ3v) is 6.60. The SMILES string of the molecule is CCOC(=O)NC(C(=O)N1CCCC1C(=O)NCc1ccc(/C(N)=N/O)cc1)C1CCCCC1. The van der Waals surface area contributed by atoms with E-state index in [1.54, 1.807) is 36.1 Å². The molecule has 10 nitrogen and oxygen atoms in total. The van der Waals surface area contributed by atoms with E-state index in [4.69, 9.17) is 15.7 Å². The number of ether oxygens (including phenoxy) is 1. The highest BCUT2D eigenvalue weighted by atomic mass is 16.5. The molecule has 1 saturated heterocycles. The molecule has 2 fully saturated rings. The molecule has 1 aromatic rings. The Morgan fingerprint density at radius 1 is 1.15 bits per heavy atom. The zero-order chi connectivity index (χ0) is 24.5. The van der Waals surface area contributed by atoms with Crippen LogP contribution in [0.1, 0.15) is 63.0 Å². The molecule has 2 unspecified atom stereocenters. The van der Waals surface area contributed by atoms with Crippen molar-refractivity contribution in [2.45, 2.75) is 70.5 Å². The lowest BCUT2D eigenvalue weighted by molar-refractivity contribution is -0.141. The molecule has 1 aromatic carbocycles. The van der Waals surface area contributed by atoms with E-state index in [9.17, 15) is 14.4 Å². The molecule has 0 spiro atoms. The average molecular weight is 474 g/mol. The third-order valence-electron chi connectivity index (χ3n) is 6.60. The Morgan fingerprint density at radius 2 is 1.85 bits per heavy atom. The van der Waals surface area contributed by atoms with Gasteiger partial charge in [0.05, 0.1) is 6.61 Å². The van der Waals surface area contributed by atoms with Gasteiger partial charge in [0.25, 0.3) is 0 Å². The highest BCUT2D eigenvalue weighted by molar-refractivity contribution is 5.97. The Labute approximate surface area is 199 Å². The number of oxime groups is 1. The average Bonchev–Trinajstić information content (AvgIpc) is 3.36. The molecule has 1 aliphatic heterocycles. The van der Waals surface area contributed by atoms with Gasteiger partial charge in [0.15, 0.2) is 5.84 Å². The fourth-order valence-corrected chi connectivity index (χ4v) is 4.79. The monoisotopic (exact) mass is 473 g/mol. The smallest absolute Gasteiger partial charge is 0.407 e. The summed E-state index contributed by atoms with van der Waals surface area (Å²) >= 11 is 0. The molecule has 186 valence electrons. The number of amides is 3. The summed E-state index contributed by atoms with van der Waals surface area (Å²) in [5, 5.41) is 17.4. The molecule has 34 heavy (non-hydrogen) atoms. The van der Waals surface area contributed by atoms with Crippen LogP contribution in [-0.4, -0.2) is 59.1 Å². The number of amidine groups is 1. The highest BCUT2D eigenvalue weighted by Gasteiger charge is 2.40. The van der Waals surface area contributed by atoms with Gasteiger partial charge in [0.1, 0.15) is 12.1 Å². The molecule has 1 aliphatic carbocycles. The van der Waals surface area contributed by atoms with Gasteiger partial charge in [-0.2, -0.15) is 0 Å². The summed E-state index contributed by atoms with van der Waals surface area (Å²) in [6.45, 7) is 2.73. The van der Waals surface area contributed by atoms with Gasteiger partial charge < -0.3 is 31.2 Å². The second kappa shape index (κ2) is 12.2. The first-order valence-corrected chi connectivity index (χ1v) is 12.0. The molecule has 3 amide bonds. The summed E-state index contributed by atoms with van der Waals surface area (Å²) in [5.41, 5.74) is 7.00. The number of nitrogens with two attached hydrogens (primary N) is 1. The number of alkyl carbamates (subject to hydrolysis) is 1. The highest BCUT2D eigenvalue weighted by Crippen LogP contribution is 2.29. The van der Waals surface area contributed by atoms with Crippen molar-refractivity contribution in [3.05, 3.63) is 35.4 Å². The number of hydrogen-bond acceptors (Lipinski definition) is 6. The first-order valence-electron chi connectivity index (χ1n) is 12.0. The van der Waals surface area contributed by atoms with Crippen LogP contribution in [0.15, 0.2) is 29.4 Å². The van der Waals surface area contributed by atoms with Crippen molar-refractivity contribution in [1.82, 2.24) is 15.5 Å². The van der Waals surface area contributed by atoms with Crippen molar-refractivity contribution in [3.8, 4) is 0 Å². The fourth-order valence-electron chi connectivity index (χ4n) is 4.79. The second-order valence-corrected chi connectivity index (χ2v) is 8.83. The molecule has 0 radical (unpaired) electrons. The predicted molar refractivity (Wildman–Crippen MR) is 126 cm³/mol. The maximum absolute atomic E-state index is 13.5. The van der Waals surface area contributed by atoms with Gasteiger partial charge in [-0.3, -0.25) is 9.59 Å². The molecular weight excluding hydrogens is 438 g/mol. The van der Waals surface area contributed by atoms with Crippen molar-refractivity contribution < 1.29 is 24.3 Å². The molecule has 0 bridgehead atoms. The molecule has 0 aromatic heterocycles. The quantitative estimate of drug-likeness (QED) is 0.197. The van der Waals surface area contributed by atoms with Crippen LogP contribution in [-0.2, 0) is 20.9 Å². The topological polar surface area (TPSA) is 146 Å². The van der Waals surface area contributed by atoms with Gasteiger partial charge in [0.2, 0.25) is 11.8 Å². The molecule has 3 rings (SSSR count). The van der Waals surface area contributed by atoms with Crippen LogP contribution in [0.5, 0.6) is 0 Å². The Bertz CT molecular complexity index is 882. The standard InChI is InChI=1S/C24H35N5O5/c1-2-34-24(32)27-20(17-7-4-3-5-8-17)23(31)29-14-6-9-19(29)22(30)26-15-16-10-12-18(13-11-16)21(25)28-33/h10-13,17,19-20,33H,2-9,14-15H2,1H3,(H2,25,28)(H,26,30)(H,27,32). The number of carbonyl (C=O) groups is 3. The third kappa shape index (κ3) is 6.39. The molecule has 1 heterocycles. The van der Waals surface area contributed by atoms with Crippen molar-refractivity contribution in [2.75, 3.05) is 13.2 Å². The van der Waals surface area contributed by atoms with E-state index in [1.165, 1.54) is 0 Å². The zero-order valence-electron chi connectivity index (χ0n) is 19.7. The maximum atomic E-state index is 13.5. The summed E-state index contributed by atoms with van der Waals surface area (Å²) in [5.74, 6) is -0.367. The van der Waals surface area contributed by atoms with Gasteiger partial charge in [-0.15, -0.1) is 0 Å². The van der Waals surface area contributed by atoms with Crippen LogP contribution in [0.3, 0.4) is 0 Å². The molecule has 5 N–H and O–H groups in total. The number of nitrogens with one attached hydrogen (secondary N) is 2. The van der Waals surface area contributed by atoms with Gasteiger partial charge >= 0.3 is 6.09 Å². The first kappa shape index (κ1) is 25.3. The largest absolute Gasteiger partial charge is 0.450 e. The Hall–Kier alpha value is -3.30. The molecule has 10 heteroatoms. The van der Waals surface area contributed by atoms with E-state index in [-0.39, 0.29) is 30.2 Å². The molecular formula is C24H35N5O5. The minimum Gasteiger partial charge on any atom is -0.450 e. The van der Waals surface area contributed by atoms with Crippen LogP contribution in [0, 0.1) is 5.92 Å². The Kier molecular flexibility index (Phi) is 9.12. The lowest BCUT2D eigenvalue weighted by atomic mass is 9.83. The second-order valence-electron chi connectivity index (χ2n) is 8.83. The lowest BCUT2D eigenvalue weighted by Gasteiger charge is -2.34. The number of nitrogens with zero attached hydrogens (tertiary/aromatic N) is 2. The lowest BCUT2D eigenvalue weighted by Crippen LogP contribution is -2.56. The first-order chi connectivity index (χ1) is 16.4. The van der Waals surface area contributed by atoms with Crippen molar-refractivity contribution in [2.24, 2.45) is 16.8 Å². The summed E-state index contributed by atoms with van der Waals surface area (Å²) < 4.78 is 5.04. The zero-order valence-corrected chi connectivity index (χ0v) is 19.7. The van der Waals surface area contributed by atoms with Crippen LogP contribution in [0.25, 0.3) is 0 Å². The maximum Gasteiger partial charge on any atom is 0.407 e. The van der Waals surface area contributed by atoms with E-state index in [0.29, 0.717) is 25.1 Å². The van der Waals surface area contributed by atoms with E-state index in [1.807, 2.05) is 0 Å². The Morgan fingerprint density at radius 3 is 2.50 bits per heavy atom. The normalized spacial score (nSPS) is 20.0. The van der Waals surface area contributed by atoms with Gasteiger partial charge in [-0.25, -0.2) is 4.79 Å². The van der Waals surface area contributed by atoms with E-state index in [0.717, 1.165) is 44.1 Å². The van der Waals surface area contributed by atoms with Crippen LogP contribution in [0.2, 0.25) is 0 Å². The number of hydrogen-bond donors (Lipinski definition) is 4. The van der Waals surface area contributed by atoms with E-state index in [2.05, 4.69) is 15.8 Å². The van der Waals surface area contributed by atoms with Gasteiger partial charge in [-0.05, 0) is 44.1 Å². The molecule has 2 atom stereocenters. The van der Waals surface area contributed by atoms with Crippen LogP contribution >= 0.6 is 0 Å². The van der Waals surface area contributed by atoms with Crippen LogP contribution < -0.4 is 16.4 Å². The number of rotatable bonds is 8. The van der Waals surface area contributed by atoms with E-state index >= 15 is 0 Å². The van der Waals surface area contributed by atoms with E-state index < -0.39 is 18.2 Å². The summed E-state index contributed by atoms with van der Waals surface area (Å²) in [6, 6.07) is 5.73. The van der Waals surface area contributed by atoms with Gasteiger partial charge in [0, 0.05) is 18.7 Å². The number of carbonyl (C=O) groups excluding carboxylic acids is 3. The van der Waals surface area contributed by atoms with Crippen LogP contribution in [0.4, 0.5) is 4.79 Å². The molecule has 2 aliphatic rings. The van der Waals surface area contributed by atoms with Crippen molar-refractivity contribution >= 4 is 23.7 Å². The fraction of sp³-hybridized carbons (Fsp3) is 0.583. The summed E-state index contributed by atoms with van der Waals surface area (Å²) in [6.07, 6.45) is 5.64. The van der Waals surface area contributed by atoms with Crippen molar-refractivity contribution in [1.29, 1.82) is 0 Å². The number of likely N-dealkylation sites (tertiary alicyclic amines) is 1. The number of benzene rings is 1. The summed E-state index contributed by atoms with van der Waals surface area (Å²) in [4.78, 5) is 40.3. The minimum absolute atomic E-state index is 0.0136.